The lowest BCUT2D eigenvalue weighted by Gasteiger charge is -2.10. The molecule has 0 bridgehead atoms. The summed E-state index contributed by atoms with van der Waals surface area (Å²) in [5.41, 5.74) is 0.436. The molecule has 0 atom stereocenters. The number of hydrogen-bond donors (Lipinski definition) is 1. The van der Waals surface area contributed by atoms with Crippen LogP contribution >= 0.6 is 23.2 Å². The zero-order valence-corrected chi connectivity index (χ0v) is 14.8. The summed E-state index contributed by atoms with van der Waals surface area (Å²) in [4.78, 5) is 16.3. The first-order valence-corrected chi connectivity index (χ1v) is 8.08. The molecular weight excluding hydrogens is 337 g/mol. The Hall–Kier alpha value is -1.59. The van der Waals surface area contributed by atoms with Crippen LogP contribution in [0.1, 0.15) is 45.3 Å². The van der Waals surface area contributed by atoms with E-state index in [9.17, 15) is 4.79 Å². The Labute approximate surface area is 145 Å². The molecular formula is C16H19Cl2N3O2. The second-order valence-corrected chi connectivity index (χ2v) is 7.19. The molecule has 0 radical (unpaired) electrons. The molecule has 2 aromatic rings. The van der Waals surface area contributed by atoms with Crippen molar-refractivity contribution in [3.63, 3.8) is 0 Å². The second kappa shape index (κ2) is 7.32. The van der Waals surface area contributed by atoms with Crippen molar-refractivity contribution in [2.24, 2.45) is 0 Å². The van der Waals surface area contributed by atoms with Crippen molar-refractivity contribution in [2.75, 3.05) is 5.32 Å². The third-order valence-corrected chi connectivity index (χ3v) is 3.52. The van der Waals surface area contributed by atoms with Gasteiger partial charge >= 0.3 is 0 Å². The van der Waals surface area contributed by atoms with E-state index in [0.717, 1.165) is 0 Å². The number of rotatable bonds is 5. The van der Waals surface area contributed by atoms with Crippen molar-refractivity contribution in [1.82, 2.24) is 10.1 Å². The molecule has 0 saturated carbocycles. The van der Waals surface area contributed by atoms with E-state index in [2.05, 4.69) is 15.5 Å². The van der Waals surface area contributed by atoms with Gasteiger partial charge in [-0.05, 0) is 24.6 Å². The maximum Gasteiger partial charge on any atom is 0.226 e. The van der Waals surface area contributed by atoms with Gasteiger partial charge in [-0.25, -0.2) is 0 Å². The molecule has 1 aromatic heterocycles. The van der Waals surface area contributed by atoms with Crippen LogP contribution in [0.4, 0.5) is 5.69 Å². The van der Waals surface area contributed by atoms with Crippen LogP contribution in [0.5, 0.6) is 0 Å². The van der Waals surface area contributed by atoms with Crippen LogP contribution in [0.15, 0.2) is 22.7 Å². The summed E-state index contributed by atoms with van der Waals surface area (Å²) >= 11 is 11.8. The molecule has 1 heterocycles. The lowest BCUT2D eigenvalue weighted by atomic mass is 9.96. The number of aryl methyl sites for hydroxylation is 1. The number of nitrogens with zero attached hydrogens (tertiary/aromatic N) is 2. The largest absolute Gasteiger partial charge is 0.339 e. The summed E-state index contributed by atoms with van der Waals surface area (Å²) in [6.07, 6.45) is 1.52. The predicted molar refractivity (Wildman–Crippen MR) is 91.0 cm³/mol. The lowest BCUT2D eigenvalue weighted by molar-refractivity contribution is -0.116. The van der Waals surface area contributed by atoms with E-state index in [1.165, 1.54) is 0 Å². The Balaban J connectivity index is 1.82. The molecule has 0 fully saturated rings. The topological polar surface area (TPSA) is 68.0 Å². The zero-order valence-electron chi connectivity index (χ0n) is 13.3. The highest BCUT2D eigenvalue weighted by atomic mass is 35.5. The molecule has 1 N–H and O–H groups in total. The van der Waals surface area contributed by atoms with Gasteiger partial charge < -0.3 is 9.84 Å². The van der Waals surface area contributed by atoms with Crippen molar-refractivity contribution < 1.29 is 9.32 Å². The van der Waals surface area contributed by atoms with Gasteiger partial charge in [0.15, 0.2) is 5.82 Å². The van der Waals surface area contributed by atoms with Gasteiger partial charge in [0, 0.05) is 34.0 Å². The molecule has 1 amide bonds. The lowest BCUT2D eigenvalue weighted by Crippen LogP contribution is -2.13. The molecule has 5 nitrogen and oxygen atoms in total. The van der Waals surface area contributed by atoms with Crippen molar-refractivity contribution in [1.29, 1.82) is 0 Å². The third-order valence-electron chi connectivity index (χ3n) is 3.08. The first-order chi connectivity index (χ1) is 10.7. The fourth-order valence-electron chi connectivity index (χ4n) is 1.91. The Morgan fingerprint density at radius 2 is 1.87 bits per heavy atom. The van der Waals surface area contributed by atoms with Crippen molar-refractivity contribution in [3.8, 4) is 0 Å². The molecule has 0 aliphatic rings. The van der Waals surface area contributed by atoms with Crippen LogP contribution in [0.3, 0.4) is 0 Å². The Morgan fingerprint density at radius 1 is 1.22 bits per heavy atom. The molecule has 1 aromatic carbocycles. The Kier molecular flexibility index (Phi) is 5.65. The molecule has 0 saturated heterocycles. The molecule has 2 rings (SSSR count). The molecule has 0 spiro atoms. The maximum absolute atomic E-state index is 11.9. The van der Waals surface area contributed by atoms with E-state index in [-0.39, 0.29) is 11.3 Å². The van der Waals surface area contributed by atoms with Gasteiger partial charge in [0.05, 0.1) is 0 Å². The van der Waals surface area contributed by atoms with Crippen LogP contribution in [-0.4, -0.2) is 16.0 Å². The van der Waals surface area contributed by atoms with Crippen LogP contribution in [0.2, 0.25) is 10.0 Å². The zero-order chi connectivity index (χ0) is 17.0. The highest BCUT2D eigenvalue weighted by molar-refractivity contribution is 6.35. The van der Waals surface area contributed by atoms with Crippen molar-refractivity contribution >= 4 is 34.8 Å². The van der Waals surface area contributed by atoms with Crippen LogP contribution < -0.4 is 5.32 Å². The van der Waals surface area contributed by atoms with E-state index in [4.69, 9.17) is 27.7 Å². The minimum atomic E-state index is -0.148. The summed E-state index contributed by atoms with van der Waals surface area (Å²) < 4.78 is 5.19. The molecule has 124 valence electrons. The van der Waals surface area contributed by atoms with E-state index in [0.29, 0.717) is 46.7 Å². The number of carbonyl (C=O) groups is 1. The van der Waals surface area contributed by atoms with Gasteiger partial charge in [-0.15, -0.1) is 0 Å². The number of halogens is 2. The number of anilines is 1. The van der Waals surface area contributed by atoms with Crippen LogP contribution in [-0.2, 0) is 16.6 Å². The number of aromatic nitrogens is 2. The summed E-state index contributed by atoms with van der Waals surface area (Å²) in [5, 5.41) is 7.68. The monoisotopic (exact) mass is 355 g/mol. The normalized spacial score (nSPS) is 11.5. The van der Waals surface area contributed by atoms with E-state index >= 15 is 0 Å². The molecule has 23 heavy (non-hydrogen) atoms. The first kappa shape index (κ1) is 17.8. The molecule has 0 aliphatic heterocycles. The van der Waals surface area contributed by atoms with Gasteiger partial charge in [0.1, 0.15) is 0 Å². The highest BCUT2D eigenvalue weighted by Gasteiger charge is 2.20. The van der Waals surface area contributed by atoms with Crippen LogP contribution in [0.25, 0.3) is 0 Å². The Bertz CT molecular complexity index is 673. The van der Waals surface area contributed by atoms with Gasteiger partial charge in [0.25, 0.3) is 0 Å². The average Bonchev–Trinajstić information content (AvgIpc) is 2.86. The SMILES string of the molecule is CC(C)(C)c1noc(CCCC(=O)Nc2cc(Cl)cc(Cl)c2)n1. The fourth-order valence-corrected chi connectivity index (χ4v) is 2.44. The second-order valence-electron chi connectivity index (χ2n) is 6.32. The summed E-state index contributed by atoms with van der Waals surface area (Å²) in [7, 11) is 0. The number of nitrogens with one attached hydrogen (secondary N) is 1. The van der Waals surface area contributed by atoms with Gasteiger partial charge in [-0.1, -0.05) is 49.1 Å². The Morgan fingerprint density at radius 3 is 2.43 bits per heavy atom. The number of hydrogen-bond acceptors (Lipinski definition) is 4. The number of benzene rings is 1. The quantitative estimate of drug-likeness (QED) is 0.848. The minimum Gasteiger partial charge on any atom is -0.339 e. The fraction of sp³-hybridized carbons (Fsp3) is 0.438. The predicted octanol–water partition coefficient (Wildman–Crippen LogP) is 4.64. The smallest absolute Gasteiger partial charge is 0.226 e. The van der Waals surface area contributed by atoms with Crippen molar-refractivity contribution in [3.05, 3.63) is 40.0 Å². The maximum atomic E-state index is 11.9. The standard InChI is InChI=1S/C16H19Cl2N3O2/c1-16(2,3)15-20-14(23-21-15)6-4-5-13(22)19-12-8-10(17)7-11(18)9-12/h7-9H,4-6H2,1-3H3,(H,19,22). The third kappa shape index (κ3) is 5.52. The molecule has 0 aliphatic carbocycles. The first-order valence-electron chi connectivity index (χ1n) is 7.33. The summed E-state index contributed by atoms with van der Waals surface area (Å²) in [6, 6.07) is 4.92. The highest BCUT2D eigenvalue weighted by Crippen LogP contribution is 2.23. The van der Waals surface area contributed by atoms with E-state index in [1.54, 1.807) is 18.2 Å². The molecule has 0 unspecified atom stereocenters. The summed E-state index contributed by atoms with van der Waals surface area (Å²) in [5.74, 6) is 1.11. The summed E-state index contributed by atoms with van der Waals surface area (Å²) in [6.45, 7) is 6.06. The van der Waals surface area contributed by atoms with E-state index in [1.807, 2.05) is 20.8 Å². The molecule has 7 heteroatoms. The van der Waals surface area contributed by atoms with Crippen molar-refractivity contribution in [2.45, 2.75) is 45.4 Å². The van der Waals surface area contributed by atoms with Gasteiger partial charge in [0.2, 0.25) is 11.8 Å². The van der Waals surface area contributed by atoms with E-state index < -0.39 is 0 Å². The van der Waals surface area contributed by atoms with Gasteiger partial charge in [-0.3, -0.25) is 4.79 Å². The minimum absolute atomic E-state index is 0.112. The van der Waals surface area contributed by atoms with Crippen LogP contribution in [0, 0.1) is 0 Å². The van der Waals surface area contributed by atoms with Gasteiger partial charge in [-0.2, -0.15) is 4.98 Å². The average molecular weight is 356 g/mol. The number of carbonyl (C=O) groups excluding carboxylic acids is 1. The number of amides is 1.